The number of hydrogen-bond acceptors (Lipinski definition) is 6. The molecule has 8 nitrogen and oxygen atoms in total. The van der Waals surface area contributed by atoms with E-state index < -0.39 is 10.8 Å². The molecule has 0 aliphatic rings. The van der Waals surface area contributed by atoms with E-state index >= 15 is 0 Å². The van der Waals surface area contributed by atoms with E-state index in [9.17, 15) is 14.9 Å². The molecule has 0 aromatic heterocycles. The zero-order valence-corrected chi connectivity index (χ0v) is 12.1. The van der Waals surface area contributed by atoms with E-state index in [1.165, 1.54) is 32.6 Å². The highest BCUT2D eigenvalue weighted by Gasteiger charge is 2.21. The van der Waals surface area contributed by atoms with Crippen LogP contribution in [0.25, 0.3) is 0 Å². The van der Waals surface area contributed by atoms with Crippen LogP contribution in [0.2, 0.25) is 0 Å². The van der Waals surface area contributed by atoms with Crippen molar-refractivity contribution in [3.63, 3.8) is 0 Å². The molecule has 0 spiro atoms. The molecule has 0 radical (unpaired) electrons. The summed E-state index contributed by atoms with van der Waals surface area (Å²) in [6.45, 7) is 1.87. The lowest BCUT2D eigenvalue weighted by atomic mass is 10.1. The van der Waals surface area contributed by atoms with Crippen molar-refractivity contribution in [3.05, 3.63) is 27.8 Å². The van der Waals surface area contributed by atoms with Gasteiger partial charge in [0.05, 0.1) is 31.6 Å². The van der Waals surface area contributed by atoms with E-state index in [2.05, 4.69) is 10.5 Å². The van der Waals surface area contributed by atoms with Gasteiger partial charge in [-0.1, -0.05) is 6.92 Å². The number of nitro groups is 1. The second-order valence-corrected chi connectivity index (χ2v) is 4.02. The monoisotopic (exact) mass is 295 g/mol. The van der Waals surface area contributed by atoms with Gasteiger partial charge in [0.15, 0.2) is 11.5 Å². The summed E-state index contributed by atoms with van der Waals surface area (Å²) in [6.07, 6.45) is 2.02. The van der Waals surface area contributed by atoms with E-state index in [1.54, 1.807) is 0 Å². The molecule has 0 saturated carbocycles. The van der Waals surface area contributed by atoms with Gasteiger partial charge in [-0.05, 0) is 12.5 Å². The average molecular weight is 295 g/mol. The summed E-state index contributed by atoms with van der Waals surface area (Å²) in [4.78, 5) is 22.2. The van der Waals surface area contributed by atoms with E-state index in [0.717, 1.165) is 0 Å². The number of nitrogens with one attached hydrogen (secondary N) is 1. The molecular weight excluding hydrogens is 278 g/mol. The average Bonchev–Trinajstić information content (AvgIpc) is 2.46. The summed E-state index contributed by atoms with van der Waals surface area (Å²) in [7, 11) is 2.80. The quantitative estimate of drug-likeness (QED) is 0.468. The number of benzene rings is 1. The van der Waals surface area contributed by atoms with Gasteiger partial charge in [0.1, 0.15) is 0 Å². The predicted molar refractivity (Wildman–Crippen MR) is 76.8 cm³/mol. The molecule has 0 saturated heterocycles. The second-order valence-electron chi connectivity index (χ2n) is 4.02. The third kappa shape index (κ3) is 4.44. The van der Waals surface area contributed by atoms with Crippen LogP contribution in [0.5, 0.6) is 11.5 Å². The van der Waals surface area contributed by atoms with Crippen LogP contribution in [-0.4, -0.2) is 31.3 Å². The Hall–Kier alpha value is -2.64. The van der Waals surface area contributed by atoms with Gasteiger partial charge < -0.3 is 9.47 Å². The number of rotatable bonds is 7. The number of carbonyl (C=O) groups is 1. The fraction of sp³-hybridized carbons (Fsp3) is 0.385. The molecule has 0 atom stereocenters. The largest absolute Gasteiger partial charge is 0.493 e. The Labute approximate surface area is 121 Å². The lowest BCUT2D eigenvalue weighted by Crippen LogP contribution is -2.20. The maximum atomic E-state index is 11.7. The van der Waals surface area contributed by atoms with Crippen molar-refractivity contribution in [2.24, 2.45) is 5.10 Å². The standard InChI is InChI=1S/C13H17N3O5/c1-4-5-14-15-13(17)7-9-6-11(20-2)12(21-3)8-10(9)16(18)19/h5-6,8H,4,7H2,1-3H3,(H,15,17). The highest BCUT2D eigenvalue weighted by molar-refractivity contribution is 5.80. The van der Waals surface area contributed by atoms with Crippen molar-refractivity contribution in [2.75, 3.05) is 14.2 Å². The second kappa shape index (κ2) is 7.83. The molecule has 1 N–H and O–H groups in total. The van der Waals surface area contributed by atoms with Crippen molar-refractivity contribution < 1.29 is 19.2 Å². The highest BCUT2D eigenvalue weighted by atomic mass is 16.6. The van der Waals surface area contributed by atoms with E-state index in [-0.39, 0.29) is 23.4 Å². The molecule has 0 aliphatic carbocycles. The summed E-state index contributed by atoms with van der Waals surface area (Å²) in [5.41, 5.74) is 2.32. The number of amides is 1. The van der Waals surface area contributed by atoms with E-state index in [0.29, 0.717) is 12.2 Å². The number of ether oxygens (including phenoxy) is 2. The minimum atomic E-state index is -0.570. The molecule has 1 aromatic rings. The first kappa shape index (κ1) is 16.4. The number of nitrogens with zero attached hydrogens (tertiary/aromatic N) is 2. The lowest BCUT2D eigenvalue weighted by Gasteiger charge is -2.10. The third-order valence-electron chi connectivity index (χ3n) is 2.60. The van der Waals surface area contributed by atoms with Crippen LogP contribution in [0.3, 0.4) is 0 Å². The summed E-state index contributed by atoms with van der Waals surface area (Å²) in [5, 5.41) is 14.8. The molecular formula is C13H17N3O5. The van der Waals surface area contributed by atoms with Gasteiger partial charge in [0.2, 0.25) is 5.91 Å². The number of carbonyl (C=O) groups excluding carboxylic acids is 1. The lowest BCUT2D eigenvalue weighted by molar-refractivity contribution is -0.385. The SMILES string of the molecule is CCC=NNC(=O)Cc1cc(OC)c(OC)cc1[N+](=O)[O-]. The van der Waals surface area contributed by atoms with E-state index in [1.807, 2.05) is 6.92 Å². The first-order chi connectivity index (χ1) is 10.0. The van der Waals surface area contributed by atoms with Crippen LogP contribution < -0.4 is 14.9 Å². The smallest absolute Gasteiger partial charge is 0.277 e. The molecule has 1 aromatic carbocycles. The Bertz CT molecular complexity index is 557. The van der Waals surface area contributed by atoms with Crippen LogP contribution in [0.15, 0.2) is 17.2 Å². The zero-order chi connectivity index (χ0) is 15.8. The van der Waals surface area contributed by atoms with Gasteiger partial charge in [-0.3, -0.25) is 14.9 Å². The summed E-state index contributed by atoms with van der Waals surface area (Å²) in [5.74, 6) is 0.107. The number of methoxy groups -OCH3 is 2. The number of hydrazone groups is 1. The molecule has 0 aliphatic heterocycles. The first-order valence-electron chi connectivity index (χ1n) is 6.23. The minimum Gasteiger partial charge on any atom is -0.493 e. The van der Waals surface area contributed by atoms with Crippen molar-refractivity contribution in [3.8, 4) is 11.5 Å². The molecule has 0 bridgehead atoms. The Morgan fingerprint density at radius 2 is 2.00 bits per heavy atom. The number of hydrogen-bond donors (Lipinski definition) is 1. The van der Waals surface area contributed by atoms with E-state index in [4.69, 9.17) is 9.47 Å². The summed E-state index contributed by atoms with van der Waals surface area (Å²) in [6, 6.07) is 2.65. The van der Waals surface area contributed by atoms with Crippen molar-refractivity contribution in [1.29, 1.82) is 0 Å². The zero-order valence-electron chi connectivity index (χ0n) is 12.1. The third-order valence-corrected chi connectivity index (χ3v) is 2.60. The fourth-order valence-electron chi connectivity index (χ4n) is 1.64. The van der Waals surface area contributed by atoms with Crippen molar-refractivity contribution >= 4 is 17.8 Å². The van der Waals surface area contributed by atoms with Gasteiger partial charge in [0, 0.05) is 11.8 Å². The minimum absolute atomic E-state index is 0.183. The Balaban J connectivity index is 3.06. The summed E-state index contributed by atoms with van der Waals surface area (Å²) >= 11 is 0. The highest BCUT2D eigenvalue weighted by Crippen LogP contribution is 2.34. The molecule has 0 unspecified atom stereocenters. The fourth-order valence-corrected chi connectivity index (χ4v) is 1.64. The van der Waals surface area contributed by atoms with Crippen LogP contribution in [-0.2, 0) is 11.2 Å². The molecule has 8 heteroatoms. The van der Waals surface area contributed by atoms with Gasteiger partial charge in [-0.2, -0.15) is 5.10 Å². The van der Waals surface area contributed by atoms with Gasteiger partial charge >= 0.3 is 0 Å². The van der Waals surface area contributed by atoms with Crippen LogP contribution in [0, 0.1) is 10.1 Å². The van der Waals surface area contributed by atoms with Crippen LogP contribution >= 0.6 is 0 Å². The normalized spacial score (nSPS) is 10.4. The molecule has 114 valence electrons. The van der Waals surface area contributed by atoms with Gasteiger partial charge in [0.25, 0.3) is 5.69 Å². The van der Waals surface area contributed by atoms with Crippen LogP contribution in [0.1, 0.15) is 18.9 Å². The van der Waals surface area contributed by atoms with Crippen molar-refractivity contribution in [2.45, 2.75) is 19.8 Å². The Kier molecular flexibility index (Phi) is 6.12. The predicted octanol–water partition coefficient (Wildman–Crippen LogP) is 1.67. The topological polar surface area (TPSA) is 103 Å². The number of nitro benzene ring substituents is 1. The maximum absolute atomic E-state index is 11.7. The first-order valence-corrected chi connectivity index (χ1v) is 6.23. The summed E-state index contributed by atoms with van der Waals surface area (Å²) < 4.78 is 10.1. The van der Waals surface area contributed by atoms with Crippen molar-refractivity contribution in [1.82, 2.24) is 5.43 Å². The Morgan fingerprint density at radius 1 is 1.38 bits per heavy atom. The molecule has 1 amide bonds. The Morgan fingerprint density at radius 3 is 2.52 bits per heavy atom. The molecule has 0 fully saturated rings. The molecule has 21 heavy (non-hydrogen) atoms. The van der Waals surface area contributed by atoms with Gasteiger partial charge in [-0.25, -0.2) is 5.43 Å². The molecule has 1 rings (SSSR count). The van der Waals surface area contributed by atoms with Gasteiger partial charge in [-0.15, -0.1) is 0 Å². The maximum Gasteiger partial charge on any atom is 0.277 e. The molecule has 0 heterocycles. The van der Waals surface area contributed by atoms with Crippen LogP contribution in [0.4, 0.5) is 5.69 Å².